The zero-order valence-electron chi connectivity index (χ0n) is 9.73. The van der Waals surface area contributed by atoms with E-state index >= 15 is 0 Å². The molecule has 102 valence electrons. The van der Waals surface area contributed by atoms with E-state index in [4.69, 9.17) is 9.84 Å². The Hall–Kier alpha value is -1.47. The van der Waals surface area contributed by atoms with Crippen molar-refractivity contribution < 1.29 is 23.8 Å². The summed E-state index contributed by atoms with van der Waals surface area (Å²) in [5.74, 6) is -3.16. The number of carbonyl (C=O) groups excluding carboxylic acids is 1. The second-order valence-corrected chi connectivity index (χ2v) is 5.10. The fourth-order valence-electron chi connectivity index (χ4n) is 1.86. The van der Waals surface area contributed by atoms with Gasteiger partial charge in [0.15, 0.2) is 0 Å². The number of ether oxygens (including phenoxy) is 1. The summed E-state index contributed by atoms with van der Waals surface area (Å²) in [5.41, 5.74) is -0.126. The van der Waals surface area contributed by atoms with Crippen molar-refractivity contribution in [2.45, 2.75) is 6.04 Å². The van der Waals surface area contributed by atoms with Gasteiger partial charge in [-0.25, -0.2) is 4.39 Å². The summed E-state index contributed by atoms with van der Waals surface area (Å²) in [4.78, 5) is 22.8. The molecule has 1 amide bonds. The first-order valence-corrected chi connectivity index (χ1v) is 6.35. The Kier molecular flexibility index (Phi) is 4.16. The van der Waals surface area contributed by atoms with Crippen LogP contribution in [0.25, 0.3) is 0 Å². The zero-order valence-corrected chi connectivity index (χ0v) is 11.3. The minimum atomic E-state index is -1.04. The number of amides is 1. The minimum absolute atomic E-state index is 0.0447. The van der Waals surface area contributed by atoms with Crippen LogP contribution in [0.15, 0.2) is 22.7 Å². The molecule has 1 heterocycles. The molecule has 1 saturated heterocycles. The number of carbonyl (C=O) groups is 2. The standard InChI is InChI=1S/C12H11BrFNO4/c13-6-1-2-7(9(14)3-6)11(16)15-10-5-19-4-8(10)12(17)18/h1-3,8,10H,4-5H2,(H,15,16)(H,17,18). The topological polar surface area (TPSA) is 75.6 Å². The summed E-state index contributed by atoms with van der Waals surface area (Å²) in [6, 6.07) is 3.40. The average molecular weight is 332 g/mol. The van der Waals surface area contributed by atoms with Gasteiger partial charge in [0, 0.05) is 4.47 Å². The predicted molar refractivity (Wildman–Crippen MR) is 67.3 cm³/mol. The molecule has 19 heavy (non-hydrogen) atoms. The molecule has 0 saturated carbocycles. The summed E-state index contributed by atoms with van der Waals surface area (Å²) >= 11 is 3.09. The molecule has 0 spiro atoms. The van der Waals surface area contributed by atoms with Crippen LogP contribution in [0.5, 0.6) is 0 Å². The third kappa shape index (κ3) is 3.10. The van der Waals surface area contributed by atoms with E-state index in [1.165, 1.54) is 18.2 Å². The third-order valence-corrected chi connectivity index (χ3v) is 3.38. The van der Waals surface area contributed by atoms with Crippen LogP contribution in [0, 0.1) is 11.7 Å². The van der Waals surface area contributed by atoms with E-state index in [9.17, 15) is 14.0 Å². The highest BCUT2D eigenvalue weighted by Crippen LogP contribution is 2.18. The molecule has 1 aromatic carbocycles. The van der Waals surface area contributed by atoms with Crippen molar-refractivity contribution >= 4 is 27.8 Å². The minimum Gasteiger partial charge on any atom is -0.481 e. The number of nitrogens with one attached hydrogen (secondary N) is 1. The Morgan fingerprint density at radius 1 is 1.42 bits per heavy atom. The van der Waals surface area contributed by atoms with Gasteiger partial charge in [0.2, 0.25) is 0 Å². The molecule has 1 aliphatic heterocycles. The number of benzene rings is 1. The predicted octanol–water partition coefficient (Wildman–Crippen LogP) is 1.42. The Labute approximate surface area is 116 Å². The Morgan fingerprint density at radius 3 is 2.79 bits per heavy atom. The third-order valence-electron chi connectivity index (χ3n) is 2.89. The Balaban J connectivity index is 2.10. The number of halogens is 2. The number of carboxylic acid groups (broad SMARTS) is 1. The lowest BCUT2D eigenvalue weighted by atomic mass is 10.0. The van der Waals surface area contributed by atoms with Crippen LogP contribution in [0.2, 0.25) is 0 Å². The van der Waals surface area contributed by atoms with Gasteiger partial charge >= 0.3 is 5.97 Å². The van der Waals surface area contributed by atoms with Crippen LogP contribution in [0.1, 0.15) is 10.4 Å². The molecule has 2 atom stereocenters. The highest BCUT2D eigenvalue weighted by molar-refractivity contribution is 9.10. The lowest BCUT2D eigenvalue weighted by Gasteiger charge is -2.15. The molecular formula is C12H11BrFNO4. The molecule has 0 aromatic heterocycles. The van der Waals surface area contributed by atoms with Crippen LogP contribution >= 0.6 is 15.9 Å². The maximum Gasteiger partial charge on any atom is 0.311 e. The van der Waals surface area contributed by atoms with Crippen LogP contribution < -0.4 is 5.32 Å². The lowest BCUT2D eigenvalue weighted by molar-refractivity contribution is -0.142. The average Bonchev–Trinajstić information content (AvgIpc) is 2.76. The number of hydrogen-bond donors (Lipinski definition) is 2. The van der Waals surface area contributed by atoms with Crippen molar-refractivity contribution in [3.05, 3.63) is 34.1 Å². The normalized spacial score (nSPS) is 22.2. The van der Waals surface area contributed by atoms with E-state index in [2.05, 4.69) is 21.2 Å². The zero-order chi connectivity index (χ0) is 14.0. The van der Waals surface area contributed by atoms with Gasteiger partial charge in [0.25, 0.3) is 5.91 Å². The first-order valence-electron chi connectivity index (χ1n) is 5.55. The van der Waals surface area contributed by atoms with Crippen molar-refractivity contribution in [2.24, 2.45) is 5.92 Å². The van der Waals surface area contributed by atoms with Crippen LogP contribution in [-0.4, -0.2) is 36.2 Å². The van der Waals surface area contributed by atoms with E-state index in [1.807, 2.05) is 0 Å². The van der Waals surface area contributed by atoms with E-state index < -0.39 is 29.7 Å². The van der Waals surface area contributed by atoms with Gasteiger partial charge in [-0.3, -0.25) is 9.59 Å². The molecule has 7 heteroatoms. The number of aliphatic carboxylic acids is 1. The fraction of sp³-hybridized carbons (Fsp3) is 0.333. The van der Waals surface area contributed by atoms with Crippen molar-refractivity contribution in [1.29, 1.82) is 0 Å². The van der Waals surface area contributed by atoms with Gasteiger partial charge in [0.05, 0.1) is 24.8 Å². The maximum absolute atomic E-state index is 13.6. The van der Waals surface area contributed by atoms with E-state index in [0.717, 1.165) is 0 Å². The van der Waals surface area contributed by atoms with Crippen molar-refractivity contribution in [2.75, 3.05) is 13.2 Å². The van der Waals surface area contributed by atoms with Crippen molar-refractivity contribution in [3.8, 4) is 0 Å². The highest BCUT2D eigenvalue weighted by atomic mass is 79.9. The monoisotopic (exact) mass is 331 g/mol. The molecule has 2 rings (SSSR count). The smallest absolute Gasteiger partial charge is 0.311 e. The van der Waals surface area contributed by atoms with Crippen LogP contribution in [0.4, 0.5) is 4.39 Å². The Morgan fingerprint density at radius 2 is 2.16 bits per heavy atom. The van der Waals surface area contributed by atoms with Gasteiger partial charge in [-0.2, -0.15) is 0 Å². The second-order valence-electron chi connectivity index (χ2n) is 4.19. The van der Waals surface area contributed by atoms with E-state index in [1.54, 1.807) is 0 Å². The number of carboxylic acids is 1. The van der Waals surface area contributed by atoms with Crippen molar-refractivity contribution in [1.82, 2.24) is 5.32 Å². The summed E-state index contributed by atoms with van der Waals surface area (Å²) in [6.45, 7) is 0.157. The number of rotatable bonds is 3. The SMILES string of the molecule is O=C(NC1COCC1C(=O)O)c1ccc(Br)cc1F. The van der Waals surface area contributed by atoms with Crippen LogP contribution in [-0.2, 0) is 9.53 Å². The number of hydrogen-bond acceptors (Lipinski definition) is 3. The molecule has 0 bridgehead atoms. The first-order chi connectivity index (χ1) is 8.99. The van der Waals surface area contributed by atoms with Gasteiger partial charge < -0.3 is 15.2 Å². The highest BCUT2D eigenvalue weighted by Gasteiger charge is 2.35. The lowest BCUT2D eigenvalue weighted by Crippen LogP contribution is -2.42. The van der Waals surface area contributed by atoms with E-state index in [-0.39, 0.29) is 18.8 Å². The molecule has 1 aromatic rings. The first kappa shape index (κ1) is 14.0. The molecule has 1 aliphatic rings. The fourth-order valence-corrected chi connectivity index (χ4v) is 2.19. The maximum atomic E-state index is 13.6. The van der Waals surface area contributed by atoms with Gasteiger partial charge in [-0.15, -0.1) is 0 Å². The summed E-state index contributed by atoms with van der Waals surface area (Å²) in [7, 11) is 0. The van der Waals surface area contributed by atoms with Gasteiger partial charge in [-0.05, 0) is 18.2 Å². The summed E-state index contributed by atoms with van der Waals surface area (Å²) in [6.07, 6.45) is 0. The second kappa shape index (κ2) is 5.66. The summed E-state index contributed by atoms with van der Waals surface area (Å²) < 4.78 is 19.1. The van der Waals surface area contributed by atoms with Crippen molar-refractivity contribution in [3.63, 3.8) is 0 Å². The van der Waals surface area contributed by atoms with E-state index in [0.29, 0.717) is 4.47 Å². The summed E-state index contributed by atoms with van der Waals surface area (Å²) in [5, 5.41) is 11.4. The molecule has 1 fully saturated rings. The van der Waals surface area contributed by atoms with Gasteiger partial charge in [-0.1, -0.05) is 15.9 Å². The molecule has 0 aliphatic carbocycles. The largest absolute Gasteiger partial charge is 0.481 e. The molecule has 0 radical (unpaired) electrons. The quantitative estimate of drug-likeness (QED) is 0.878. The molecule has 5 nitrogen and oxygen atoms in total. The molecule has 2 unspecified atom stereocenters. The molecular weight excluding hydrogens is 321 g/mol. The van der Waals surface area contributed by atoms with Crippen LogP contribution in [0.3, 0.4) is 0 Å². The van der Waals surface area contributed by atoms with Gasteiger partial charge in [0.1, 0.15) is 11.7 Å². The Bertz CT molecular complexity index is 522. The molecule has 2 N–H and O–H groups in total.